The Morgan fingerprint density at radius 2 is 1.66 bits per heavy atom. The average molecular weight is 544 g/mol. The van der Waals surface area contributed by atoms with Gasteiger partial charge in [0.05, 0.1) is 5.56 Å². The van der Waals surface area contributed by atoms with Crippen molar-refractivity contribution < 1.29 is 31.1 Å². The lowest BCUT2D eigenvalue weighted by molar-refractivity contribution is -0.144. The second-order valence-electron chi connectivity index (χ2n) is 9.92. The van der Waals surface area contributed by atoms with Gasteiger partial charge in [-0.3, -0.25) is 4.79 Å². The molecule has 2 saturated heterocycles. The summed E-state index contributed by atoms with van der Waals surface area (Å²) in [6, 6.07) is 4.31. The molecule has 2 aromatic rings. The highest BCUT2D eigenvalue weighted by atomic mass is 19.4. The Morgan fingerprint density at radius 1 is 0.974 bits per heavy atom. The number of benzene rings is 1. The molecule has 0 unspecified atom stereocenters. The highest BCUT2D eigenvalue weighted by molar-refractivity contribution is 5.86. The van der Waals surface area contributed by atoms with Crippen LogP contribution in [0.15, 0.2) is 24.3 Å². The molecule has 38 heavy (non-hydrogen) atoms. The Morgan fingerprint density at radius 3 is 2.21 bits per heavy atom. The van der Waals surface area contributed by atoms with Crippen LogP contribution in [0.3, 0.4) is 0 Å². The standard InChI is InChI=1S/C26H31F6N5O/c1-3-17-7-11-36(12-8-17)21-15-22(35-24(34-21)26(30,31)32)37-13-9-20(37)23(38)33-10-6-18-4-5-19(14-16(18)2)25(27,28)29/h4-5,14-15,17,20H,3,6-13H2,1-2H3,(H,33,38)/t20-/m0/s1. The van der Waals surface area contributed by atoms with E-state index in [0.717, 1.165) is 31.4 Å². The van der Waals surface area contributed by atoms with Gasteiger partial charge in [-0.1, -0.05) is 19.4 Å². The van der Waals surface area contributed by atoms with Crippen LogP contribution in [0.4, 0.5) is 38.0 Å². The van der Waals surface area contributed by atoms with E-state index in [4.69, 9.17) is 0 Å². The second-order valence-corrected chi connectivity index (χ2v) is 9.92. The van der Waals surface area contributed by atoms with Crippen molar-refractivity contribution in [3.63, 3.8) is 0 Å². The minimum atomic E-state index is -4.73. The van der Waals surface area contributed by atoms with E-state index in [-0.39, 0.29) is 24.1 Å². The van der Waals surface area contributed by atoms with Crippen LogP contribution in [0.5, 0.6) is 0 Å². The Balaban J connectivity index is 1.42. The third-order valence-electron chi connectivity index (χ3n) is 7.45. The average Bonchev–Trinajstić information content (AvgIpc) is 2.83. The molecule has 0 aliphatic carbocycles. The highest BCUT2D eigenvalue weighted by Gasteiger charge is 2.40. The van der Waals surface area contributed by atoms with Gasteiger partial charge in [0.15, 0.2) is 0 Å². The molecule has 0 radical (unpaired) electrons. The maximum absolute atomic E-state index is 13.6. The van der Waals surface area contributed by atoms with Gasteiger partial charge >= 0.3 is 12.4 Å². The number of halogens is 6. The van der Waals surface area contributed by atoms with Crippen molar-refractivity contribution in [1.82, 2.24) is 15.3 Å². The lowest BCUT2D eigenvalue weighted by Gasteiger charge is -2.41. The molecule has 1 N–H and O–H groups in total. The fourth-order valence-corrected chi connectivity index (χ4v) is 4.95. The molecule has 12 heteroatoms. The van der Waals surface area contributed by atoms with E-state index in [2.05, 4.69) is 22.2 Å². The number of piperidine rings is 1. The van der Waals surface area contributed by atoms with Crippen LogP contribution in [0.1, 0.15) is 55.1 Å². The highest BCUT2D eigenvalue weighted by Crippen LogP contribution is 2.35. The van der Waals surface area contributed by atoms with E-state index in [9.17, 15) is 31.1 Å². The van der Waals surface area contributed by atoms with Gasteiger partial charge in [-0.2, -0.15) is 26.3 Å². The zero-order chi connectivity index (χ0) is 27.7. The molecule has 1 aromatic carbocycles. The van der Waals surface area contributed by atoms with Gasteiger partial charge in [0.1, 0.15) is 17.7 Å². The third-order valence-corrected chi connectivity index (χ3v) is 7.45. The summed E-state index contributed by atoms with van der Waals surface area (Å²) in [5.74, 6) is -0.778. The molecule has 3 heterocycles. The van der Waals surface area contributed by atoms with Gasteiger partial charge in [0.2, 0.25) is 11.7 Å². The lowest BCUT2D eigenvalue weighted by Crippen LogP contribution is -2.57. The van der Waals surface area contributed by atoms with Crippen molar-refractivity contribution in [2.45, 2.75) is 64.3 Å². The van der Waals surface area contributed by atoms with Gasteiger partial charge in [0.25, 0.3) is 0 Å². The summed E-state index contributed by atoms with van der Waals surface area (Å²) in [6.07, 6.45) is -5.59. The molecule has 2 aliphatic rings. The zero-order valence-corrected chi connectivity index (χ0v) is 21.3. The quantitative estimate of drug-likeness (QED) is 0.475. The molecule has 0 spiro atoms. The van der Waals surface area contributed by atoms with E-state index in [0.29, 0.717) is 49.5 Å². The first-order valence-corrected chi connectivity index (χ1v) is 12.8. The number of hydrogen-bond donors (Lipinski definition) is 1. The van der Waals surface area contributed by atoms with E-state index in [1.165, 1.54) is 17.0 Å². The molecule has 1 aromatic heterocycles. The van der Waals surface area contributed by atoms with E-state index >= 15 is 0 Å². The summed E-state index contributed by atoms with van der Waals surface area (Å²) in [4.78, 5) is 23.7. The predicted molar refractivity (Wildman–Crippen MR) is 131 cm³/mol. The lowest BCUT2D eigenvalue weighted by atomic mass is 9.94. The maximum atomic E-state index is 13.6. The number of nitrogens with one attached hydrogen (secondary N) is 1. The normalized spacial score (nSPS) is 18.9. The fourth-order valence-electron chi connectivity index (χ4n) is 4.95. The van der Waals surface area contributed by atoms with E-state index < -0.39 is 29.8 Å². The minimum absolute atomic E-state index is 0.0601. The number of anilines is 2. The smallest absolute Gasteiger partial charge is 0.356 e. The van der Waals surface area contributed by atoms with Gasteiger partial charge in [-0.15, -0.1) is 0 Å². The molecule has 0 saturated carbocycles. The Kier molecular flexibility index (Phi) is 8.08. The summed E-state index contributed by atoms with van der Waals surface area (Å²) < 4.78 is 79.5. The summed E-state index contributed by atoms with van der Waals surface area (Å²) in [5.41, 5.74) is 0.409. The summed E-state index contributed by atoms with van der Waals surface area (Å²) in [6.45, 7) is 5.46. The van der Waals surface area contributed by atoms with Gasteiger partial charge in [-0.05, 0) is 61.8 Å². The summed E-state index contributed by atoms with van der Waals surface area (Å²) in [5, 5.41) is 2.76. The summed E-state index contributed by atoms with van der Waals surface area (Å²) >= 11 is 0. The molecule has 6 nitrogen and oxygen atoms in total. The van der Waals surface area contributed by atoms with Gasteiger partial charge in [0, 0.05) is 32.2 Å². The van der Waals surface area contributed by atoms with Crippen LogP contribution in [0.2, 0.25) is 0 Å². The van der Waals surface area contributed by atoms with Gasteiger partial charge in [-0.25, -0.2) is 9.97 Å². The first-order valence-electron chi connectivity index (χ1n) is 12.8. The fraction of sp³-hybridized carbons (Fsp3) is 0.577. The van der Waals surface area contributed by atoms with Crippen molar-refractivity contribution in [1.29, 1.82) is 0 Å². The molecule has 2 aliphatic heterocycles. The van der Waals surface area contributed by atoms with Crippen molar-refractivity contribution in [2.75, 3.05) is 36.0 Å². The molecular weight excluding hydrogens is 512 g/mol. The molecule has 2 fully saturated rings. The first kappa shape index (κ1) is 28.0. The Bertz CT molecular complexity index is 1140. The molecular formula is C26H31F6N5O. The van der Waals surface area contributed by atoms with Crippen LogP contribution in [-0.4, -0.2) is 48.1 Å². The molecule has 208 valence electrons. The van der Waals surface area contributed by atoms with Crippen LogP contribution >= 0.6 is 0 Å². The Labute approximate surface area is 217 Å². The van der Waals surface area contributed by atoms with Crippen LogP contribution in [-0.2, 0) is 23.6 Å². The molecule has 1 amide bonds. The second kappa shape index (κ2) is 11.0. The number of carbonyl (C=O) groups is 1. The van der Waals surface area contributed by atoms with Crippen molar-refractivity contribution in [3.8, 4) is 0 Å². The Hall–Kier alpha value is -3.05. The first-order chi connectivity index (χ1) is 17.9. The van der Waals surface area contributed by atoms with Crippen LogP contribution < -0.4 is 15.1 Å². The van der Waals surface area contributed by atoms with E-state index in [1.54, 1.807) is 6.92 Å². The topological polar surface area (TPSA) is 61.4 Å². The SMILES string of the molecule is CCC1CCN(c2cc(N3CC[C@H]3C(=O)NCCc3ccc(C(F)(F)F)cc3C)nc(C(F)(F)F)n2)CC1. The van der Waals surface area contributed by atoms with Crippen LogP contribution in [0, 0.1) is 12.8 Å². The minimum Gasteiger partial charge on any atom is -0.356 e. The third kappa shape index (κ3) is 6.32. The molecule has 0 bridgehead atoms. The van der Waals surface area contributed by atoms with Crippen molar-refractivity contribution in [3.05, 3.63) is 46.8 Å². The number of carbonyl (C=O) groups excluding carboxylic acids is 1. The van der Waals surface area contributed by atoms with Crippen molar-refractivity contribution >= 4 is 17.5 Å². The predicted octanol–water partition coefficient (Wildman–Crippen LogP) is 5.39. The number of nitrogens with zero attached hydrogens (tertiary/aromatic N) is 4. The number of aromatic nitrogens is 2. The number of alkyl halides is 6. The van der Waals surface area contributed by atoms with Crippen LogP contribution in [0.25, 0.3) is 0 Å². The largest absolute Gasteiger partial charge is 0.451 e. The number of rotatable bonds is 7. The number of hydrogen-bond acceptors (Lipinski definition) is 5. The molecule has 1 atom stereocenters. The number of aryl methyl sites for hydroxylation is 1. The summed E-state index contributed by atoms with van der Waals surface area (Å²) in [7, 11) is 0. The van der Waals surface area contributed by atoms with Crippen molar-refractivity contribution in [2.24, 2.45) is 5.92 Å². The number of amides is 1. The molecule has 4 rings (SSSR count). The zero-order valence-electron chi connectivity index (χ0n) is 21.3. The monoisotopic (exact) mass is 543 g/mol. The van der Waals surface area contributed by atoms with E-state index in [1.807, 2.05) is 4.90 Å². The maximum Gasteiger partial charge on any atom is 0.451 e. The van der Waals surface area contributed by atoms with Gasteiger partial charge < -0.3 is 15.1 Å².